The fraction of sp³-hybridized carbons (Fsp3) is 0.375. The van der Waals surface area contributed by atoms with Crippen LogP contribution in [0.1, 0.15) is 0 Å². The third kappa shape index (κ3) is 4.44. The zero-order valence-corrected chi connectivity index (χ0v) is 15.3. The highest BCUT2D eigenvalue weighted by Crippen LogP contribution is 2.31. The standard InChI is InChI=1S/C16H16N2O6S2/c19-13(17-5-6-18-14(20)9-26-16(18)25)8-23-15(21)12-7-22-10-3-1-2-4-11(10)24-12/h1-4,12H,5-9H2,(H,17,19)/t12-/m1/s1. The third-order valence-electron chi connectivity index (χ3n) is 3.62. The van der Waals surface area contributed by atoms with Gasteiger partial charge in [-0.1, -0.05) is 36.1 Å². The summed E-state index contributed by atoms with van der Waals surface area (Å²) in [5.41, 5.74) is 0. The van der Waals surface area contributed by atoms with Gasteiger partial charge >= 0.3 is 5.97 Å². The number of benzene rings is 1. The zero-order chi connectivity index (χ0) is 18.5. The van der Waals surface area contributed by atoms with Gasteiger partial charge in [0.05, 0.1) is 5.75 Å². The first-order valence-electron chi connectivity index (χ1n) is 7.83. The smallest absolute Gasteiger partial charge is 0.351 e. The molecule has 1 fully saturated rings. The number of carbonyl (C=O) groups is 3. The maximum atomic E-state index is 12.0. The average Bonchev–Trinajstić information content (AvgIpc) is 2.97. The molecule has 0 saturated carbocycles. The van der Waals surface area contributed by atoms with Crippen molar-refractivity contribution in [3.05, 3.63) is 24.3 Å². The Hall–Kier alpha value is -2.33. The van der Waals surface area contributed by atoms with Gasteiger partial charge < -0.3 is 19.5 Å². The Morgan fingerprint density at radius 1 is 1.35 bits per heavy atom. The minimum Gasteiger partial charge on any atom is -0.485 e. The molecule has 10 heteroatoms. The highest BCUT2D eigenvalue weighted by molar-refractivity contribution is 8.23. The molecule has 2 aliphatic heterocycles. The van der Waals surface area contributed by atoms with Gasteiger partial charge in [0, 0.05) is 13.1 Å². The fourth-order valence-electron chi connectivity index (χ4n) is 2.32. The first-order chi connectivity index (χ1) is 12.5. The number of nitrogens with one attached hydrogen (secondary N) is 1. The first kappa shape index (κ1) is 18.5. The van der Waals surface area contributed by atoms with E-state index in [-0.39, 0.29) is 19.1 Å². The number of fused-ring (bicyclic) bond motifs is 1. The van der Waals surface area contributed by atoms with Gasteiger partial charge in [-0.05, 0) is 12.1 Å². The zero-order valence-electron chi connectivity index (χ0n) is 13.6. The van der Waals surface area contributed by atoms with Crippen molar-refractivity contribution in [1.82, 2.24) is 10.2 Å². The van der Waals surface area contributed by atoms with Crippen molar-refractivity contribution >= 4 is 46.1 Å². The second-order valence-corrected chi connectivity index (χ2v) is 7.03. The molecule has 2 heterocycles. The Balaban J connectivity index is 1.37. The first-order valence-corrected chi connectivity index (χ1v) is 9.23. The molecule has 0 spiro atoms. The molecule has 0 unspecified atom stereocenters. The number of amides is 2. The molecule has 0 radical (unpaired) electrons. The van der Waals surface area contributed by atoms with Gasteiger partial charge in [0.25, 0.3) is 5.91 Å². The molecular formula is C16H16N2O6S2. The highest BCUT2D eigenvalue weighted by Gasteiger charge is 2.29. The summed E-state index contributed by atoms with van der Waals surface area (Å²) in [5.74, 6) is 0.117. The second kappa shape index (κ2) is 8.37. The lowest BCUT2D eigenvalue weighted by atomic mass is 10.2. The summed E-state index contributed by atoms with van der Waals surface area (Å²) < 4.78 is 16.4. The van der Waals surface area contributed by atoms with Crippen LogP contribution in [-0.2, 0) is 19.1 Å². The highest BCUT2D eigenvalue weighted by atomic mass is 32.2. The Bertz CT molecular complexity index is 725. The van der Waals surface area contributed by atoms with Crippen molar-refractivity contribution in [2.45, 2.75) is 6.10 Å². The van der Waals surface area contributed by atoms with Crippen LogP contribution in [0.3, 0.4) is 0 Å². The van der Waals surface area contributed by atoms with Crippen LogP contribution in [0.4, 0.5) is 0 Å². The van der Waals surface area contributed by atoms with Crippen molar-refractivity contribution in [3.8, 4) is 11.5 Å². The lowest BCUT2D eigenvalue weighted by Crippen LogP contribution is -2.41. The van der Waals surface area contributed by atoms with Gasteiger partial charge in [0.15, 0.2) is 18.1 Å². The Kier molecular flexibility index (Phi) is 5.94. The summed E-state index contributed by atoms with van der Waals surface area (Å²) in [4.78, 5) is 36.8. The van der Waals surface area contributed by atoms with Gasteiger partial charge in [0.1, 0.15) is 10.9 Å². The van der Waals surface area contributed by atoms with Crippen molar-refractivity contribution < 1.29 is 28.6 Å². The largest absolute Gasteiger partial charge is 0.485 e. The maximum Gasteiger partial charge on any atom is 0.351 e. The number of thioether (sulfide) groups is 1. The number of para-hydroxylation sites is 2. The van der Waals surface area contributed by atoms with Gasteiger partial charge in [0.2, 0.25) is 12.0 Å². The quantitative estimate of drug-likeness (QED) is 0.544. The number of thiocarbonyl (C=S) groups is 1. The molecule has 0 aliphatic carbocycles. The number of hydrogen-bond acceptors (Lipinski definition) is 8. The van der Waals surface area contributed by atoms with Crippen LogP contribution in [0.5, 0.6) is 11.5 Å². The van der Waals surface area contributed by atoms with Gasteiger partial charge in [-0.15, -0.1) is 0 Å². The molecule has 1 saturated heterocycles. The van der Waals surface area contributed by atoms with Crippen molar-refractivity contribution in [1.29, 1.82) is 0 Å². The van der Waals surface area contributed by atoms with Crippen LogP contribution in [0.15, 0.2) is 24.3 Å². The number of carbonyl (C=O) groups excluding carboxylic acids is 3. The van der Waals surface area contributed by atoms with Gasteiger partial charge in [-0.25, -0.2) is 4.79 Å². The average molecular weight is 396 g/mol. The number of ether oxygens (including phenoxy) is 3. The number of nitrogens with zero attached hydrogens (tertiary/aromatic N) is 1. The van der Waals surface area contributed by atoms with Crippen LogP contribution in [-0.4, -0.2) is 65.2 Å². The van der Waals surface area contributed by atoms with E-state index in [1.54, 1.807) is 24.3 Å². The van der Waals surface area contributed by atoms with Crippen molar-refractivity contribution in [2.24, 2.45) is 0 Å². The Morgan fingerprint density at radius 3 is 2.85 bits per heavy atom. The van der Waals surface area contributed by atoms with E-state index < -0.39 is 24.6 Å². The SMILES string of the molecule is O=C(COC(=O)[C@H]1COc2ccccc2O1)NCCN1C(=O)CSC1=S. The van der Waals surface area contributed by atoms with Gasteiger partial charge in [-0.3, -0.25) is 14.5 Å². The molecule has 2 aliphatic rings. The van der Waals surface area contributed by atoms with Crippen LogP contribution < -0.4 is 14.8 Å². The van der Waals surface area contributed by atoms with Crippen LogP contribution in [0.25, 0.3) is 0 Å². The molecule has 1 aromatic carbocycles. The Labute approximate surface area is 159 Å². The fourth-order valence-corrected chi connectivity index (χ4v) is 3.44. The molecule has 26 heavy (non-hydrogen) atoms. The van der Waals surface area contributed by atoms with E-state index in [1.165, 1.54) is 16.7 Å². The van der Waals surface area contributed by atoms with E-state index in [4.69, 9.17) is 26.4 Å². The van der Waals surface area contributed by atoms with E-state index in [9.17, 15) is 14.4 Å². The molecule has 3 rings (SSSR count). The predicted molar refractivity (Wildman–Crippen MR) is 97.1 cm³/mol. The number of rotatable bonds is 6. The minimum atomic E-state index is -0.922. The molecule has 1 N–H and O–H groups in total. The molecule has 0 aromatic heterocycles. The monoisotopic (exact) mass is 396 g/mol. The maximum absolute atomic E-state index is 12.0. The topological polar surface area (TPSA) is 94.2 Å². The lowest BCUT2D eigenvalue weighted by molar-refractivity contribution is -0.157. The van der Waals surface area contributed by atoms with Crippen molar-refractivity contribution in [2.75, 3.05) is 32.1 Å². The molecular weight excluding hydrogens is 380 g/mol. The van der Waals surface area contributed by atoms with Gasteiger partial charge in [-0.2, -0.15) is 0 Å². The molecule has 138 valence electrons. The third-order valence-corrected chi connectivity index (χ3v) is 5.05. The number of esters is 1. The summed E-state index contributed by atoms with van der Waals surface area (Å²) in [6.45, 7) is 0.0943. The van der Waals surface area contributed by atoms with Crippen LogP contribution in [0.2, 0.25) is 0 Å². The molecule has 0 bridgehead atoms. The molecule has 8 nitrogen and oxygen atoms in total. The van der Waals surface area contributed by atoms with Crippen LogP contribution in [0, 0.1) is 0 Å². The van der Waals surface area contributed by atoms with Crippen molar-refractivity contribution in [3.63, 3.8) is 0 Å². The normalized spacial score (nSPS) is 18.6. The second-order valence-electron chi connectivity index (χ2n) is 5.42. The number of hydrogen-bond donors (Lipinski definition) is 1. The van der Waals surface area contributed by atoms with E-state index >= 15 is 0 Å². The van der Waals surface area contributed by atoms with Crippen LogP contribution >= 0.6 is 24.0 Å². The summed E-state index contributed by atoms with van der Waals surface area (Å²) in [5, 5.41) is 2.57. The van der Waals surface area contributed by atoms with E-state index in [0.717, 1.165) is 0 Å². The Morgan fingerprint density at radius 2 is 2.12 bits per heavy atom. The lowest BCUT2D eigenvalue weighted by Gasteiger charge is -2.24. The molecule has 1 atom stereocenters. The summed E-state index contributed by atoms with van der Waals surface area (Å²) in [6, 6.07) is 6.98. The minimum absolute atomic E-state index is 0.0175. The predicted octanol–water partition coefficient (Wildman–Crippen LogP) is 0.346. The van der Waals surface area contributed by atoms with E-state index in [1.807, 2.05) is 0 Å². The molecule has 2 amide bonds. The summed E-state index contributed by atoms with van der Waals surface area (Å²) in [7, 11) is 0. The summed E-state index contributed by atoms with van der Waals surface area (Å²) in [6.07, 6.45) is -0.922. The van der Waals surface area contributed by atoms with E-state index in [2.05, 4.69) is 5.32 Å². The molecule has 1 aromatic rings. The summed E-state index contributed by atoms with van der Waals surface area (Å²) >= 11 is 6.34. The van der Waals surface area contributed by atoms with E-state index in [0.29, 0.717) is 28.1 Å².